The molecule has 8 heteroatoms. The molecule has 0 aliphatic heterocycles. The fourth-order valence-electron chi connectivity index (χ4n) is 3.28. The highest BCUT2D eigenvalue weighted by Crippen LogP contribution is 2.34. The summed E-state index contributed by atoms with van der Waals surface area (Å²) in [5, 5.41) is 4.50. The van der Waals surface area contributed by atoms with Crippen molar-refractivity contribution in [3.8, 4) is 0 Å². The largest absolute Gasteiger partial charge is 0.471 e. The molecule has 1 aromatic carbocycles. The van der Waals surface area contributed by atoms with Crippen molar-refractivity contribution in [1.82, 2.24) is 5.32 Å². The van der Waals surface area contributed by atoms with Gasteiger partial charge in [-0.2, -0.15) is 13.2 Å². The van der Waals surface area contributed by atoms with Gasteiger partial charge < -0.3 is 5.32 Å². The zero-order chi connectivity index (χ0) is 19.4. The van der Waals surface area contributed by atoms with E-state index in [1.165, 1.54) is 24.3 Å². The first kappa shape index (κ1) is 19.4. The molecule has 1 aliphatic rings. The van der Waals surface area contributed by atoms with Gasteiger partial charge in [0.05, 0.1) is 0 Å². The Bertz CT molecular complexity index is 772. The number of halogens is 3. The molecule has 4 nitrogen and oxygen atoms in total. The molecule has 0 bridgehead atoms. The van der Waals surface area contributed by atoms with E-state index in [1.807, 2.05) is 0 Å². The second-order valence-corrected chi connectivity index (χ2v) is 7.40. The van der Waals surface area contributed by atoms with Gasteiger partial charge in [-0.15, -0.1) is 11.3 Å². The van der Waals surface area contributed by atoms with E-state index >= 15 is 0 Å². The van der Waals surface area contributed by atoms with Crippen LogP contribution in [-0.4, -0.2) is 24.0 Å². The van der Waals surface area contributed by atoms with Crippen LogP contribution in [0.4, 0.5) is 18.9 Å². The molecule has 1 saturated carbocycles. The molecule has 27 heavy (non-hydrogen) atoms. The summed E-state index contributed by atoms with van der Waals surface area (Å²) in [6.45, 7) is 0. The zero-order valence-electron chi connectivity index (χ0n) is 14.4. The summed E-state index contributed by atoms with van der Waals surface area (Å²) >= 11 is 1.15. The second kappa shape index (κ2) is 8.12. The van der Waals surface area contributed by atoms with Crippen LogP contribution in [0, 0.1) is 0 Å². The number of carbonyl (C=O) groups excluding carboxylic acids is 2. The van der Waals surface area contributed by atoms with E-state index in [0.717, 1.165) is 37.0 Å². The first-order valence-electron chi connectivity index (χ1n) is 8.67. The van der Waals surface area contributed by atoms with Crippen LogP contribution in [0.2, 0.25) is 0 Å². The van der Waals surface area contributed by atoms with Crippen LogP contribution in [0.3, 0.4) is 0 Å². The fourth-order valence-corrected chi connectivity index (χ4v) is 4.09. The van der Waals surface area contributed by atoms with E-state index in [4.69, 9.17) is 0 Å². The van der Waals surface area contributed by atoms with Gasteiger partial charge in [-0.1, -0.05) is 37.1 Å². The third-order valence-electron chi connectivity index (χ3n) is 4.52. The number of rotatable bonds is 5. The summed E-state index contributed by atoms with van der Waals surface area (Å²) in [4.78, 5) is 26.2. The number of para-hydroxylation sites is 1. The monoisotopic (exact) mass is 396 g/mol. The van der Waals surface area contributed by atoms with Crippen molar-refractivity contribution in [2.75, 3.05) is 4.90 Å². The molecule has 2 aromatic rings. The molecule has 1 aromatic heterocycles. The predicted octanol–water partition coefficient (Wildman–Crippen LogP) is 4.44. The zero-order valence-corrected chi connectivity index (χ0v) is 15.2. The topological polar surface area (TPSA) is 49.4 Å². The third-order valence-corrected chi connectivity index (χ3v) is 5.44. The van der Waals surface area contributed by atoms with E-state index < -0.39 is 24.0 Å². The molecular weight excluding hydrogens is 377 g/mol. The van der Waals surface area contributed by atoms with Gasteiger partial charge in [0.1, 0.15) is 0 Å². The minimum atomic E-state index is -5.10. The molecule has 1 fully saturated rings. The van der Waals surface area contributed by atoms with Crippen LogP contribution in [0.1, 0.15) is 36.6 Å². The number of anilines is 1. The van der Waals surface area contributed by atoms with Gasteiger partial charge in [0.25, 0.3) is 0 Å². The van der Waals surface area contributed by atoms with Crippen LogP contribution < -0.4 is 10.2 Å². The Labute approximate surface area is 159 Å². The minimum absolute atomic E-state index is 0.0276. The lowest BCUT2D eigenvalue weighted by Crippen LogP contribution is -2.50. The van der Waals surface area contributed by atoms with Crippen molar-refractivity contribution in [3.63, 3.8) is 0 Å². The highest BCUT2D eigenvalue weighted by atomic mass is 32.1. The van der Waals surface area contributed by atoms with Crippen molar-refractivity contribution >= 4 is 28.8 Å². The van der Waals surface area contributed by atoms with E-state index in [-0.39, 0.29) is 11.7 Å². The molecular formula is C19H19F3N2O2S. The van der Waals surface area contributed by atoms with Gasteiger partial charge in [0.2, 0.25) is 5.91 Å². The SMILES string of the molecule is O=C(NC1CCCC1)[C@H](c1cccs1)N(C(=O)C(F)(F)F)c1ccccc1. The minimum Gasteiger partial charge on any atom is -0.351 e. The maximum atomic E-state index is 13.3. The average molecular weight is 396 g/mol. The Morgan fingerprint density at radius 2 is 1.74 bits per heavy atom. The molecule has 144 valence electrons. The van der Waals surface area contributed by atoms with Crippen molar-refractivity contribution in [2.45, 2.75) is 43.9 Å². The fraction of sp³-hybridized carbons (Fsp3) is 0.368. The summed E-state index contributed by atoms with van der Waals surface area (Å²) in [6.07, 6.45) is -1.57. The highest BCUT2D eigenvalue weighted by Gasteiger charge is 2.47. The Hall–Kier alpha value is -2.35. The van der Waals surface area contributed by atoms with Gasteiger partial charge in [-0.3, -0.25) is 14.5 Å². The summed E-state index contributed by atoms with van der Waals surface area (Å²) < 4.78 is 40.0. The number of nitrogens with one attached hydrogen (secondary N) is 1. The second-order valence-electron chi connectivity index (χ2n) is 6.42. The molecule has 3 rings (SSSR count). The van der Waals surface area contributed by atoms with Crippen LogP contribution in [0.5, 0.6) is 0 Å². The normalized spacial score (nSPS) is 16.1. The number of hydrogen-bond donors (Lipinski definition) is 1. The Morgan fingerprint density at radius 1 is 1.07 bits per heavy atom. The smallest absolute Gasteiger partial charge is 0.351 e. The van der Waals surface area contributed by atoms with Crippen LogP contribution in [-0.2, 0) is 9.59 Å². The quantitative estimate of drug-likeness (QED) is 0.812. The first-order valence-corrected chi connectivity index (χ1v) is 9.55. The lowest BCUT2D eigenvalue weighted by molar-refractivity contribution is -0.171. The summed E-state index contributed by atoms with van der Waals surface area (Å²) in [6, 6.07) is 9.28. The molecule has 0 saturated heterocycles. The van der Waals surface area contributed by atoms with Crippen molar-refractivity contribution < 1.29 is 22.8 Å². The Kier molecular flexibility index (Phi) is 5.84. The number of nitrogens with zero attached hydrogens (tertiary/aromatic N) is 1. The highest BCUT2D eigenvalue weighted by molar-refractivity contribution is 7.10. The lowest BCUT2D eigenvalue weighted by Gasteiger charge is -2.31. The number of hydrogen-bond acceptors (Lipinski definition) is 3. The van der Waals surface area contributed by atoms with E-state index in [2.05, 4.69) is 5.32 Å². The molecule has 1 N–H and O–H groups in total. The Morgan fingerprint density at radius 3 is 2.30 bits per heavy atom. The molecule has 1 atom stereocenters. The van der Waals surface area contributed by atoms with Crippen molar-refractivity contribution in [3.05, 3.63) is 52.7 Å². The van der Waals surface area contributed by atoms with Gasteiger partial charge in [-0.05, 0) is 36.4 Å². The predicted molar refractivity (Wildman–Crippen MR) is 97.4 cm³/mol. The molecule has 1 aliphatic carbocycles. The van der Waals surface area contributed by atoms with Crippen molar-refractivity contribution in [1.29, 1.82) is 0 Å². The lowest BCUT2D eigenvalue weighted by atomic mass is 10.1. The summed E-state index contributed by atoms with van der Waals surface area (Å²) in [5.74, 6) is -2.65. The maximum absolute atomic E-state index is 13.3. The third kappa shape index (κ3) is 4.50. The van der Waals surface area contributed by atoms with Gasteiger partial charge in [0, 0.05) is 16.6 Å². The van der Waals surface area contributed by atoms with Crippen LogP contribution in [0.15, 0.2) is 47.8 Å². The Balaban J connectivity index is 2.02. The molecule has 0 radical (unpaired) electrons. The van der Waals surface area contributed by atoms with Crippen molar-refractivity contribution in [2.24, 2.45) is 0 Å². The van der Waals surface area contributed by atoms with E-state index in [0.29, 0.717) is 9.78 Å². The van der Waals surface area contributed by atoms with E-state index in [9.17, 15) is 22.8 Å². The molecule has 0 unspecified atom stereocenters. The van der Waals surface area contributed by atoms with Gasteiger partial charge >= 0.3 is 12.1 Å². The number of benzene rings is 1. The van der Waals surface area contributed by atoms with Crippen LogP contribution in [0.25, 0.3) is 0 Å². The standard InChI is InChI=1S/C19H19F3N2O2S/c20-19(21,22)18(26)24(14-9-2-1-3-10-14)16(15-11-6-12-27-15)17(25)23-13-7-4-5-8-13/h1-3,6,9-13,16H,4-5,7-8H2,(H,23,25)/t16-/m0/s1. The summed E-state index contributed by atoms with van der Waals surface area (Å²) in [5.41, 5.74) is 0.0276. The van der Waals surface area contributed by atoms with Gasteiger partial charge in [0.15, 0.2) is 6.04 Å². The number of thiophene rings is 1. The molecule has 2 amide bonds. The van der Waals surface area contributed by atoms with Crippen LogP contribution >= 0.6 is 11.3 Å². The van der Waals surface area contributed by atoms with Gasteiger partial charge in [-0.25, -0.2) is 0 Å². The first-order chi connectivity index (χ1) is 12.9. The van der Waals surface area contributed by atoms with E-state index in [1.54, 1.807) is 23.6 Å². The maximum Gasteiger partial charge on any atom is 0.471 e. The molecule has 1 heterocycles. The number of alkyl halides is 3. The number of carbonyl (C=O) groups is 2. The average Bonchev–Trinajstić information content (AvgIpc) is 3.32. The number of amides is 2. The summed E-state index contributed by atoms with van der Waals surface area (Å²) in [7, 11) is 0. The molecule has 0 spiro atoms.